The van der Waals surface area contributed by atoms with Crippen molar-refractivity contribution < 1.29 is 9.90 Å². The number of benzene rings is 2. The highest BCUT2D eigenvalue weighted by Gasteiger charge is 2.54. The minimum absolute atomic E-state index is 0.0518. The van der Waals surface area contributed by atoms with Crippen LogP contribution >= 0.6 is 0 Å². The first-order valence-electron chi connectivity index (χ1n) is 10.00. The highest BCUT2D eigenvalue weighted by Crippen LogP contribution is 2.47. The maximum atomic E-state index is 13.4. The van der Waals surface area contributed by atoms with Crippen molar-refractivity contribution in [3.05, 3.63) is 65.2 Å². The molecule has 0 aromatic heterocycles. The molecule has 0 radical (unpaired) electrons. The normalized spacial score (nSPS) is 30.7. The van der Waals surface area contributed by atoms with Crippen LogP contribution in [-0.4, -0.2) is 52.5 Å². The zero-order valence-electron chi connectivity index (χ0n) is 15.7. The van der Waals surface area contributed by atoms with E-state index in [1.165, 1.54) is 0 Å². The summed E-state index contributed by atoms with van der Waals surface area (Å²) in [5.74, 6) is 1.08. The molecule has 28 heavy (non-hydrogen) atoms. The summed E-state index contributed by atoms with van der Waals surface area (Å²) in [6.45, 7) is 2.87. The van der Waals surface area contributed by atoms with E-state index >= 15 is 0 Å². The van der Waals surface area contributed by atoms with Crippen molar-refractivity contribution >= 4 is 5.91 Å². The fourth-order valence-electron chi connectivity index (χ4n) is 5.56. The number of nitriles is 1. The van der Waals surface area contributed by atoms with Crippen LogP contribution in [0.15, 0.2) is 48.5 Å². The van der Waals surface area contributed by atoms with Crippen molar-refractivity contribution in [1.82, 2.24) is 9.80 Å². The second-order valence-electron chi connectivity index (χ2n) is 8.20. The highest BCUT2D eigenvalue weighted by atomic mass is 16.3. The number of amides is 1. The second-order valence-corrected chi connectivity index (χ2v) is 8.20. The fraction of sp³-hybridized carbons (Fsp3) is 0.391. The third-order valence-corrected chi connectivity index (χ3v) is 6.81. The molecule has 4 fully saturated rings. The average molecular weight is 373 g/mol. The number of hydrogen-bond donors (Lipinski definition) is 1. The molecule has 4 saturated heterocycles. The Morgan fingerprint density at radius 2 is 1.82 bits per heavy atom. The number of phenolic OH excluding ortho intramolecular Hbond substituents is 1. The molecule has 0 saturated carbocycles. The maximum absolute atomic E-state index is 13.4. The first kappa shape index (κ1) is 17.3. The summed E-state index contributed by atoms with van der Waals surface area (Å²) < 4.78 is 0. The summed E-state index contributed by atoms with van der Waals surface area (Å²) in [7, 11) is 0. The van der Waals surface area contributed by atoms with Crippen LogP contribution in [-0.2, 0) is 0 Å². The van der Waals surface area contributed by atoms with Gasteiger partial charge in [-0.05, 0) is 73.8 Å². The zero-order chi connectivity index (χ0) is 19.3. The Morgan fingerprint density at radius 3 is 2.50 bits per heavy atom. The number of carbonyl (C=O) groups excluding carboxylic acids is 1. The van der Waals surface area contributed by atoms with Crippen molar-refractivity contribution in [3.63, 3.8) is 0 Å². The molecule has 0 spiro atoms. The van der Waals surface area contributed by atoms with Gasteiger partial charge in [0.1, 0.15) is 5.75 Å². The van der Waals surface area contributed by atoms with Crippen molar-refractivity contribution in [2.75, 3.05) is 19.6 Å². The average Bonchev–Trinajstić information content (AvgIpc) is 3.17. The zero-order valence-corrected chi connectivity index (χ0v) is 15.7. The van der Waals surface area contributed by atoms with E-state index in [2.05, 4.69) is 21.9 Å². The number of aromatic hydroxyl groups is 1. The quantitative estimate of drug-likeness (QED) is 0.879. The maximum Gasteiger partial charge on any atom is 0.254 e. The van der Waals surface area contributed by atoms with Gasteiger partial charge >= 0.3 is 0 Å². The number of fused-ring (bicyclic) bond motifs is 2. The lowest BCUT2D eigenvalue weighted by atomic mass is 9.75. The van der Waals surface area contributed by atoms with E-state index in [9.17, 15) is 9.90 Å². The van der Waals surface area contributed by atoms with Crippen LogP contribution in [0.4, 0.5) is 0 Å². The van der Waals surface area contributed by atoms with E-state index in [0.717, 1.165) is 31.5 Å². The summed E-state index contributed by atoms with van der Waals surface area (Å²) in [6.07, 6.45) is 2.29. The van der Waals surface area contributed by atoms with Crippen molar-refractivity contribution in [3.8, 4) is 11.8 Å². The van der Waals surface area contributed by atoms with Gasteiger partial charge in [-0.3, -0.25) is 9.69 Å². The number of nitrogens with zero attached hydrogens (tertiary/aromatic N) is 3. The minimum atomic E-state index is 0.0518. The Labute approximate surface area is 164 Å². The number of likely N-dealkylation sites (tertiary alicyclic amines) is 1. The molecule has 142 valence electrons. The smallest absolute Gasteiger partial charge is 0.254 e. The van der Waals surface area contributed by atoms with Gasteiger partial charge in [-0.1, -0.05) is 12.1 Å². The molecule has 5 heteroatoms. The van der Waals surface area contributed by atoms with Gasteiger partial charge in [-0.2, -0.15) is 5.26 Å². The Hall–Kier alpha value is -2.84. The lowest BCUT2D eigenvalue weighted by molar-refractivity contribution is -0.00341. The van der Waals surface area contributed by atoms with Crippen LogP contribution in [0.2, 0.25) is 0 Å². The molecule has 5 nitrogen and oxygen atoms in total. The predicted octanol–water partition coefficient (Wildman–Crippen LogP) is 2.97. The molecule has 3 atom stereocenters. The first-order valence-corrected chi connectivity index (χ1v) is 10.00. The van der Waals surface area contributed by atoms with Gasteiger partial charge in [0.05, 0.1) is 17.7 Å². The minimum Gasteiger partial charge on any atom is -0.508 e. The predicted molar refractivity (Wildman–Crippen MR) is 105 cm³/mol. The topological polar surface area (TPSA) is 67.6 Å². The van der Waals surface area contributed by atoms with E-state index in [-0.39, 0.29) is 23.6 Å². The number of carbonyl (C=O) groups is 1. The molecule has 4 aliphatic heterocycles. The van der Waals surface area contributed by atoms with E-state index in [4.69, 9.17) is 5.26 Å². The van der Waals surface area contributed by atoms with E-state index < -0.39 is 0 Å². The largest absolute Gasteiger partial charge is 0.508 e. The van der Waals surface area contributed by atoms with Gasteiger partial charge in [-0.15, -0.1) is 0 Å². The van der Waals surface area contributed by atoms with Crippen molar-refractivity contribution in [1.29, 1.82) is 5.26 Å². The van der Waals surface area contributed by atoms with Gasteiger partial charge in [0.25, 0.3) is 5.91 Å². The molecule has 4 aliphatic rings. The number of rotatable bonds is 2. The summed E-state index contributed by atoms with van der Waals surface area (Å²) >= 11 is 0. The summed E-state index contributed by atoms with van der Waals surface area (Å²) in [4.78, 5) is 18.0. The van der Waals surface area contributed by atoms with Crippen LogP contribution in [0, 0.1) is 17.2 Å². The van der Waals surface area contributed by atoms with Gasteiger partial charge < -0.3 is 10.0 Å². The van der Waals surface area contributed by atoms with Crippen LogP contribution in [0.1, 0.15) is 40.2 Å². The van der Waals surface area contributed by atoms with Crippen LogP contribution < -0.4 is 0 Å². The van der Waals surface area contributed by atoms with Gasteiger partial charge in [-0.25, -0.2) is 0 Å². The van der Waals surface area contributed by atoms with E-state index in [1.807, 2.05) is 12.1 Å². The third-order valence-electron chi connectivity index (χ3n) is 6.81. The Bertz CT molecular complexity index is 941. The summed E-state index contributed by atoms with van der Waals surface area (Å²) in [5.41, 5.74) is 2.32. The molecule has 0 unspecified atom stereocenters. The van der Waals surface area contributed by atoms with Gasteiger partial charge in [0.2, 0.25) is 0 Å². The second kappa shape index (κ2) is 6.65. The lowest BCUT2D eigenvalue weighted by Gasteiger charge is -2.51. The van der Waals surface area contributed by atoms with Crippen molar-refractivity contribution in [2.24, 2.45) is 5.92 Å². The molecule has 2 bridgehead atoms. The summed E-state index contributed by atoms with van der Waals surface area (Å²) in [5, 5.41) is 19.0. The molecule has 2 aromatic carbocycles. The van der Waals surface area contributed by atoms with Crippen LogP contribution in [0.25, 0.3) is 0 Å². The number of phenols is 1. The molecule has 1 N–H and O–H groups in total. The Morgan fingerprint density at radius 1 is 1.07 bits per heavy atom. The SMILES string of the molecule is N#Cc1ccc(C(=O)N2C[C@@H](c3cccc(O)c3)[C@@H]3[C@H]2C2CCN3CC2)cc1. The molecular weight excluding hydrogens is 350 g/mol. The van der Waals surface area contributed by atoms with Crippen LogP contribution in [0.3, 0.4) is 0 Å². The van der Waals surface area contributed by atoms with Gasteiger partial charge in [0.15, 0.2) is 0 Å². The monoisotopic (exact) mass is 373 g/mol. The lowest BCUT2D eigenvalue weighted by Crippen LogP contribution is -2.60. The van der Waals surface area contributed by atoms with E-state index in [0.29, 0.717) is 29.6 Å². The summed E-state index contributed by atoms with van der Waals surface area (Å²) in [6, 6.07) is 17.1. The molecule has 6 rings (SSSR count). The van der Waals surface area contributed by atoms with Gasteiger partial charge in [0, 0.05) is 24.1 Å². The van der Waals surface area contributed by atoms with E-state index in [1.54, 1.807) is 30.3 Å². The highest BCUT2D eigenvalue weighted by molar-refractivity contribution is 5.95. The molecule has 4 heterocycles. The standard InChI is InChI=1S/C23H23N3O2/c24-13-15-4-6-17(7-5-15)23(28)26-14-20(18-2-1-3-19(27)12-18)22-21(26)16-8-10-25(22)11-9-16/h1-7,12,16,20-22,27H,8-11,14H2/t20-,21+,22+/m0/s1. The molecule has 2 aromatic rings. The molecular formula is C23H23N3O2. The number of hydrogen-bond acceptors (Lipinski definition) is 4. The van der Waals surface area contributed by atoms with Crippen LogP contribution in [0.5, 0.6) is 5.75 Å². The first-order chi connectivity index (χ1) is 13.7. The van der Waals surface area contributed by atoms with Crippen molar-refractivity contribution in [2.45, 2.75) is 30.8 Å². The third kappa shape index (κ3) is 2.68. The molecule has 0 aliphatic carbocycles. The Kier molecular flexibility index (Phi) is 4.10. The Balaban J connectivity index is 1.51. The molecule has 1 amide bonds. The fourth-order valence-corrected chi connectivity index (χ4v) is 5.56. The number of piperidine rings is 3.